The first kappa shape index (κ1) is 15.3. The lowest BCUT2D eigenvalue weighted by Gasteiger charge is -2.49. The zero-order valence-corrected chi connectivity index (χ0v) is 12.8. The summed E-state index contributed by atoms with van der Waals surface area (Å²) in [5, 5.41) is 0. The number of rotatable bonds is 9. The minimum atomic E-state index is 0.402. The van der Waals surface area contributed by atoms with Crippen LogP contribution in [0.15, 0.2) is 0 Å². The SMILES string of the molecule is CCCCCCCCCC(N)C1CN2CCN1CC2. The van der Waals surface area contributed by atoms with Gasteiger partial charge in [0.2, 0.25) is 0 Å². The fourth-order valence-corrected chi connectivity index (χ4v) is 3.59. The second kappa shape index (κ2) is 8.23. The van der Waals surface area contributed by atoms with Crippen molar-refractivity contribution in [3.8, 4) is 0 Å². The van der Waals surface area contributed by atoms with Gasteiger partial charge in [-0.1, -0.05) is 51.9 Å². The number of hydrogen-bond acceptors (Lipinski definition) is 3. The number of piperazine rings is 3. The highest BCUT2D eigenvalue weighted by molar-refractivity contribution is 4.93. The van der Waals surface area contributed by atoms with Crippen LogP contribution in [-0.2, 0) is 0 Å². The topological polar surface area (TPSA) is 32.5 Å². The van der Waals surface area contributed by atoms with Gasteiger partial charge in [0, 0.05) is 44.8 Å². The number of hydrogen-bond donors (Lipinski definition) is 1. The Morgan fingerprint density at radius 1 is 0.947 bits per heavy atom. The number of unbranched alkanes of at least 4 members (excludes halogenated alkanes) is 6. The molecule has 0 aromatic rings. The van der Waals surface area contributed by atoms with Crippen LogP contribution in [0, 0.1) is 0 Å². The molecular formula is C16H33N3. The average molecular weight is 267 g/mol. The van der Waals surface area contributed by atoms with Crippen molar-refractivity contribution in [1.29, 1.82) is 0 Å². The number of nitrogens with zero attached hydrogens (tertiary/aromatic N) is 2. The molecule has 2 bridgehead atoms. The van der Waals surface area contributed by atoms with Gasteiger partial charge in [-0.3, -0.25) is 9.80 Å². The maximum atomic E-state index is 6.43. The summed E-state index contributed by atoms with van der Waals surface area (Å²) < 4.78 is 0. The van der Waals surface area contributed by atoms with E-state index in [1.807, 2.05) is 0 Å². The van der Waals surface area contributed by atoms with E-state index in [0.717, 1.165) is 0 Å². The molecule has 3 fully saturated rings. The summed E-state index contributed by atoms with van der Waals surface area (Å²) in [6.07, 6.45) is 11.0. The molecule has 0 aliphatic carbocycles. The van der Waals surface area contributed by atoms with Crippen LogP contribution in [0.4, 0.5) is 0 Å². The van der Waals surface area contributed by atoms with Crippen molar-refractivity contribution in [3.05, 3.63) is 0 Å². The van der Waals surface area contributed by atoms with Crippen molar-refractivity contribution in [3.63, 3.8) is 0 Å². The van der Waals surface area contributed by atoms with Gasteiger partial charge in [-0.2, -0.15) is 0 Å². The highest BCUT2D eigenvalue weighted by Crippen LogP contribution is 2.20. The third kappa shape index (κ3) is 4.73. The molecule has 3 aliphatic rings. The van der Waals surface area contributed by atoms with Crippen LogP contribution in [0.25, 0.3) is 0 Å². The maximum absolute atomic E-state index is 6.43. The Bertz CT molecular complexity index is 236. The maximum Gasteiger partial charge on any atom is 0.0375 e. The van der Waals surface area contributed by atoms with E-state index in [-0.39, 0.29) is 0 Å². The van der Waals surface area contributed by atoms with Gasteiger partial charge in [0.05, 0.1) is 0 Å². The standard InChI is InChI=1S/C16H33N3/c1-2-3-4-5-6-7-8-9-15(17)16-14-18-10-12-19(16)13-11-18/h15-16H,2-14,17H2,1H3. The van der Waals surface area contributed by atoms with Gasteiger partial charge in [0.15, 0.2) is 0 Å². The lowest BCUT2D eigenvalue weighted by atomic mass is 9.96. The Hall–Kier alpha value is -0.120. The molecule has 0 aromatic heterocycles. The highest BCUT2D eigenvalue weighted by atomic mass is 15.3. The normalized spacial score (nSPS) is 31.6. The molecule has 0 saturated carbocycles. The predicted molar refractivity (Wildman–Crippen MR) is 82.4 cm³/mol. The van der Waals surface area contributed by atoms with E-state index in [1.165, 1.54) is 84.1 Å². The lowest BCUT2D eigenvalue weighted by molar-refractivity contribution is 0.00112. The average Bonchev–Trinajstić information content (AvgIpc) is 2.47. The molecule has 0 amide bonds. The molecule has 2 unspecified atom stereocenters. The van der Waals surface area contributed by atoms with E-state index >= 15 is 0 Å². The van der Waals surface area contributed by atoms with Crippen molar-refractivity contribution in [2.24, 2.45) is 5.73 Å². The fourth-order valence-electron chi connectivity index (χ4n) is 3.59. The van der Waals surface area contributed by atoms with Gasteiger partial charge in [-0.05, 0) is 6.42 Å². The molecule has 3 aliphatic heterocycles. The van der Waals surface area contributed by atoms with Crippen molar-refractivity contribution in [2.75, 3.05) is 32.7 Å². The third-order valence-electron chi connectivity index (χ3n) is 4.96. The second-order valence-corrected chi connectivity index (χ2v) is 6.48. The van der Waals surface area contributed by atoms with Crippen LogP contribution in [0.5, 0.6) is 0 Å². The van der Waals surface area contributed by atoms with Crippen LogP contribution in [0.3, 0.4) is 0 Å². The highest BCUT2D eigenvalue weighted by Gasteiger charge is 2.34. The third-order valence-corrected chi connectivity index (χ3v) is 4.96. The van der Waals surface area contributed by atoms with E-state index in [1.54, 1.807) is 0 Å². The number of fused-ring (bicyclic) bond motifs is 3. The summed E-state index contributed by atoms with van der Waals surface area (Å²) in [5.41, 5.74) is 6.43. The minimum Gasteiger partial charge on any atom is -0.326 e. The molecule has 2 atom stereocenters. The van der Waals surface area contributed by atoms with Gasteiger partial charge < -0.3 is 5.73 Å². The van der Waals surface area contributed by atoms with Gasteiger partial charge >= 0.3 is 0 Å². The molecule has 19 heavy (non-hydrogen) atoms. The van der Waals surface area contributed by atoms with Crippen molar-refractivity contribution < 1.29 is 0 Å². The first-order valence-electron chi connectivity index (χ1n) is 8.53. The minimum absolute atomic E-state index is 0.402. The van der Waals surface area contributed by atoms with Crippen LogP contribution >= 0.6 is 0 Å². The summed E-state index contributed by atoms with van der Waals surface area (Å²) in [6, 6.07) is 1.04. The summed E-state index contributed by atoms with van der Waals surface area (Å²) in [6.45, 7) is 8.52. The first-order valence-corrected chi connectivity index (χ1v) is 8.53. The lowest BCUT2D eigenvalue weighted by Crippen LogP contribution is -2.65. The van der Waals surface area contributed by atoms with Crippen LogP contribution in [0.1, 0.15) is 58.3 Å². The summed E-state index contributed by atoms with van der Waals surface area (Å²) in [5.74, 6) is 0. The molecule has 3 heterocycles. The largest absolute Gasteiger partial charge is 0.326 e. The fraction of sp³-hybridized carbons (Fsp3) is 1.00. The van der Waals surface area contributed by atoms with Crippen molar-refractivity contribution in [2.45, 2.75) is 70.4 Å². The molecule has 0 spiro atoms. The van der Waals surface area contributed by atoms with E-state index in [4.69, 9.17) is 5.73 Å². The van der Waals surface area contributed by atoms with Gasteiger partial charge in [0.25, 0.3) is 0 Å². The first-order chi connectivity index (χ1) is 9.31. The predicted octanol–water partition coefficient (Wildman–Crippen LogP) is 2.45. The smallest absolute Gasteiger partial charge is 0.0375 e. The molecular weight excluding hydrogens is 234 g/mol. The van der Waals surface area contributed by atoms with Crippen LogP contribution in [-0.4, -0.2) is 54.6 Å². The zero-order chi connectivity index (χ0) is 13.5. The van der Waals surface area contributed by atoms with Crippen molar-refractivity contribution >= 4 is 0 Å². The van der Waals surface area contributed by atoms with Gasteiger partial charge in [0.1, 0.15) is 0 Å². The van der Waals surface area contributed by atoms with Crippen molar-refractivity contribution in [1.82, 2.24) is 9.80 Å². The molecule has 112 valence electrons. The van der Waals surface area contributed by atoms with Gasteiger partial charge in [-0.15, -0.1) is 0 Å². The Balaban J connectivity index is 1.53. The molecule has 3 heteroatoms. The Labute approximate surface area is 119 Å². The summed E-state index contributed by atoms with van der Waals surface area (Å²) >= 11 is 0. The Morgan fingerprint density at radius 3 is 2.16 bits per heavy atom. The van der Waals surface area contributed by atoms with E-state index in [2.05, 4.69) is 16.7 Å². The summed E-state index contributed by atoms with van der Waals surface area (Å²) in [4.78, 5) is 5.22. The molecule has 0 radical (unpaired) electrons. The number of nitrogens with two attached hydrogens (primary N) is 1. The Kier molecular flexibility index (Phi) is 6.62. The van der Waals surface area contributed by atoms with E-state index in [9.17, 15) is 0 Å². The Morgan fingerprint density at radius 2 is 1.58 bits per heavy atom. The summed E-state index contributed by atoms with van der Waals surface area (Å²) in [7, 11) is 0. The van der Waals surface area contributed by atoms with E-state index in [0.29, 0.717) is 12.1 Å². The quantitative estimate of drug-likeness (QED) is 0.651. The van der Waals surface area contributed by atoms with Gasteiger partial charge in [-0.25, -0.2) is 0 Å². The molecule has 3 nitrogen and oxygen atoms in total. The molecule has 3 saturated heterocycles. The molecule has 0 aromatic carbocycles. The zero-order valence-electron chi connectivity index (χ0n) is 12.8. The second-order valence-electron chi connectivity index (χ2n) is 6.48. The van der Waals surface area contributed by atoms with Crippen LogP contribution in [0.2, 0.25) is 0 Å². The van der Waals surface area contributed by atoms with E-state index < -0.39 is 0 Å². The monoisotopic (exact) mass is 267 g/mol. The van der Waals surface area contributed by atoms with Crippen LogP contribution < -0.4 is 5.73 Å². The molecule has 3 rings (SSSR count). The molecule has 2 N–H and O–H groups in total.